The molecule has 0 fully saturated rings. The first-order chi connectivity index (χ1) is 8.61. The molecule has 0 saturated heterocycles. The van der Waals surface area contributed by atoms with Crippen LogP contribution in [-0.2, 0) is 6.42 Å². The minimum Gasteiger partial charge on any atom is -0.233 e. The Morgan fingerprint density at radius 1 is 1.06 bits per heavy atom. The van der Waals surface area contributed by atoms with E-state index in [4.69, 9.17) is 23.2 Å². The Kier molecular flexibility index (Phi) is 4.20. The summed E-state index contributed by atoms with van der Waals surface area (Å²) in [6, 6.07) is 7.60. The molecule has 0 unspecified atom stereocenters. The molecule has 18 heavy (non-hydrogen) atoms. The molecule has 0 aliphatic rings. The predicted octanol–water partition coefficient (Wildman–Crippen LogP) is 4.71. The summed E-state index contributed by atoms with van der Waals surface area (Å²) in [7, 11) is 0. The van der Waals surface area contributed by atoms with Crippen LogP contribution >= 0.6 is 23.2 Å². The lowest BCUT2D eigenvalue weighted by molar-refractivity contribution is 0.833. The van der Waals surface area contributed by atoms with Crippen molar-refractivity contribution in [3.8, 4) is 11.3 Å². The second-order valence-electron chi connectivity index (χ2n) is 4.16. The molecule has 0 amide bonds. The van der Waals surface area contributed by atoms with Crippen molar-refractivity contribution < 1.29 is 0 Å². The average molecular weight is 281 g/mol. The molecule has 0 bridgehead atoms. The first-order valence-corrected chi connectivity index (χ1v) is 6.66. The second-order valence-corrected chi connectivity index (χ2v) is 4.96. The molecule has 0 N–H and O–H groups in total. The van der Waals surface area contributed by atoms with Crippen molar-refractivity contribution in [2.75, 3.05) is 0 Å². The van der Waals surface area contributed by atoms with Crippen molar-refractivity contribution in [2.45, 2.75) is 26.7 Å². The van der Waals surface area contributed by atoms with Crippen molar-refractivity contribution in [3.63, 3.8) is 0 Å². The van der Waals surface area contributed by atoms with E-state index >= 15 is 0 Å². The first-order valence-electron chi connectivity index (χ1n) is 5.90. The molecule has 1 aromatic heterocycles. The number of benzene rings is 1. The number of hydrogen-bond acceptors (Lipinski definition) is 2. The quantitative estimate of drug-likeness (QED) is 0.761. The zero-order chi connectivity index (χ0) is 13.1. The van der Waals surface area contributed by atoms with Crippen LogP contribution < -0.4 is 0 Å². The second kappa shape index (κ2) is 5.68. The summed E-state index contributed by atoms with van der Waals surface area (Å²) in [5, 5.41) is 1.24. The molecule has 2 rings (SSSR count). The lowest BCUT2D eigenvalue weighted by Gasteiger charge is -2.09. The molecule has 94 valence electrons. The zero-order valence-electron chi connectivity index (χ0n) is 10.4. The Bertz CT molecular complexity index is 550. The Balaban J connectivity index is 2.51. The Labute approximate surface area is 117 Å². The molecule has 0 aliphatic carbocycles. The van der Waals surface area contributed by atoms with Crippen molar-refractivity contribution in [1.82, 2.24) is 9.97 Å². The normalized spacial score (nSPS) is 10.7. The molecular weight excluding hydrogens is 267 g/mol. The van der Waals surface area contributed by atoms with E-state index in [1.54, 1.807) is 0 Å². The third-order valence-corrected chi connectivity index (χ3v) is 3.34. The molecule has 0 aliphatic heterocycles. The van der Waals surface area contributed by atoms with Crippen molar-refractivity contribution >= 4 is 23.2 Å². The largest absolute Gasteiger partial charge is 0.233 e. The lowest BCUT2D eigenvalue weighted by atomic mass is 10.1. The van der Waals surface area contributed by atoms with Crippen LogP contribution in [0.4, 0.5) is 0 Å². The van der Waals surface area contributed by atoms with E-state index in [1.807, 2.05) is 31.2 Å². The van der Waals surface area contributed by atoms with Crippen LogP contribution in [-0.4, -0.2) is 9.97 Å². The molecule has 1 heterocycles. The Morgan fingerprint density at radius 3 is 2.33 bits per heavy atom. The van der Waals surface area contributed by atoms with Gasteiger partial charge >= 0.3 is 0 Å². The lowest BCUT2D eigenvalue weighted by Crippen LogP contribution is -2.00. The van der Waals surface area contributed by atoms with Crippen LogP contribution in [0.15, 0.2) is 24.3 Å². The number of aryl methyl sites for hydroxylation is 1. The molecule has 4 heteroatoms. The van der Waals surface area contributed by atoms with Gasteiger partial charge in [-0.2, -0.15) is 0 Å². The Hall–Kier alpha value is -1.12. The monoisotopic (exact) mass is 280 g/mol. The van der Waals surface area contributed by atoms with E-state index in [2.05, 4.69) is 16.9 Å². The van der Waals surface area contributed by atoms with Gasteiger partial charge in [0, 0.05) is 22.6 Å². The van der Waals surface area contributed by atoms with Crippen LogP contribution in [0.5, 0.6) is 0 Å². The predicted molar refractivity (Wildman–Crippen MR) is 76.2 cm³/mol. The topological polar surface area (TPSA) is 25.8 Å². The Morgan fingerprint density at radius 2 is 1.72 bits per heavy atom. The van der Waals surface area contributed by atoms with E-state index in [0.29, 0.717) is 10.2 Å². The summed E-state index contributed by atoms with van der Waals surface area (Å²) in [6.45, 7) is 4.03. The highest BCUT2D eigenvalue weighted by atomic mass is 35.5. The molecular formula is C14H14Cl2N2. The highest BCUT2D eigenvalue weighted by Gasteiger charge is 2.10. The maximum Gasteiger partial charge on any atom is 0.136 e. The zero-order valence-corrected chi connectivity index (χ0v) is 11.9. The molecule has 1 aromatic carbocycles. The number of rotatable bonds is 3. The van der Waals surface area contributed by atoms with Crippen LogP contribution in [0.3, 0.4) is 0 Å². The first kappa shape index (κ1) is 13.3. The highest BCUT2D eigenvalue weighted by molar-refractivity contribution is 6.31. The van der Waals surface area contributed by atoms with E-state index in [1.165, 1.54) is 0 Å². The molecule has 2 aromatic rings. The maximum atomic E-state index is 6.16. The van der Waals surface area contributed by atoms with Gasteiger partial charge in [-0.1, -0.05) is 42.3 Å². The molecule has 2 nitrogen and oxygen atoms in total. The summed E-state index contributed by atoms with van der Waals surface area (Å²) in [6.07, 6.45) is 1.83. The SMILES string of the molecule is CCCc1nc(Cl)c(C)c(-c2ccc(Cl)cc2)n1. The minimum atomic E-state index is 0.526. The van der Waals surface area contributed by atoms with Gasteiger partial charge in [0.25, 0.3) is 0 Å². The van der Waals surface area contributed by atoms with E-state index < -0.39 is 0 Å². The van der Waals surface area contributed by atoms with Gasteiger partial charge in [-0.05, 0) is 25.5 Å². The fourth-order valence-corrected chi connectivity index (χ4v) is 2.07. The fourth-order valence-electron chi connectivity index (χ4n) is 1.76. The van der Waals surface area contributed by atoms with Gasteiger partial charge in [0.05, 0.1) is 5.69 Å². The summed E-state index contributed by atoms with van der Waals surface area (Å²) >= 11 is 12.1. The number of nitrogens with zero attached hydrogens (tertiary/aromatic N) is 2. The van der Waals surface area contributed by atoms with E-state index in [9.17, 15) is 0 Å². The third-order valence-electron chi connectivity index (χ3n) is 2.72. The number of halogens is 2. The maximum absolute atomic E-state index is 6.16. The summed E-state index contributed by atoms with van der Waals surface area (Å²) in [5.74, 6) is 0.790. The molecule has 0 saturated carbocycles. The van der Waals surface area contributed by atoms with Crippen LogP contribution in [0.2, 0.25) is 10.2 Å². The van der Waals surface area contributed by atoms with Gasteiger partial charge in [0.1, 0.15) is 11.0 Å². The van der Waals surface area contributed by atoms with Crippen LogP contribution in [0.25, 0.3) is 11.3 Å². The minimum absolute atomic E-state index is 0.526. The average Bonchev–Trinajstić information content (AvgIpc) is 2.35. The van der Waals surface area contributed by atoms with Gasteiger partial charge in [-0.25, -0.2) is 9.97 Å². The van der Waals surface area contributed by atoms with Crippen molar-refractivity contribution in [2.24, 2.45) is 0 Å². The molecule has 0 atom stereocenters. The highest BCUT2D eigenvalue weighted by Crippen LogP contribution is 2.26. The van der Waals surface area contributed by atoms with Gasteiger partial charge < -0.3 is 0 Å². The van der Waals surface area contributed by atoms with Gasteiger partial charge in [-0.3, -0.25) is 0 Å². The van der Waals surface area contributed by atoms with Crippen LogP contribution in [0.1, 0.15) is 24.7 Å². The van der Waals surface area contributed by atoms with E-state index in [-0.39, 0.29) is 0 Å². The molecule has 0 spiro atoms. The standard InChI is InChI=1S/C14H14Cl2N2/c1-3-4-12-17-13(9(2)14(16)18-12)10-5-7-11(15)8-6-10/h5-8H,3-4H2,1-2H3. The molecule has 0 radical (unpaired) electrons. The van der Waals surface area contributed by atoms with Crippen molar-refractivity contribution in [1.29, 1.82) is 0 Å². The summed E-state index contributed by atoms with van der Waals surface area (Å²) < 4.78 is 0. The van der Waals surface area contributed by atoms with Gasteiger partial charge in [-0.15, -0.1) is 0 Å². The summed E-state index contributed by atoms with van der Waals surface area (Å²) in [5.41, 5.74) is 2.80. The van der Waals surface area contributed by atoms with E-state index in [0.717, 1.165) is 35.5 Å². The van der Waals surface area contributed by atoms with Crippen LogP contribution in [0, 0.1) is 6.92 Å². The van der Waals surface area contributed by atoms with Crippen molar-refractivity contribution in [3.05, 3.63) is 45.8 Å². The summed E-state index contributed by atoms with van der Waals surface area (Å²) in [4.78, 5) is 8.88. The van der Waals surface area contributed by atoms with Gasteiger partial charge in [0.2, 0.25) is 0 Å². The number of hydrogen-bond donors (Lipinski definition) is 0. The third kappa shape index (κ3) is 2.82. The smallest absolute Gasteiger partial charge is 0.136 e. The number of aromatic nitrogens is 2. The fraction of sp³-hybridized carbons (Fsp3) is 0.286. The van der Waals surface area contributed by atoms with Gasteiger partial charge in [0.15, 0.2) is 0 Å².